The summed E-state index contributed by atoms with van der Waals surface area (Å²) in [5.74, 6) is -0.408. The molecule has 29 heavy (non-hydrogen) atoms. The van der Waals surface area contributed by atoms with E-state index in [1.165, 1.54) is 12.1 Å². The van der Waals surface area contributed by atoms with Gasteiger partial charge in [0.25, 0.3) is 0 Å². The molecule has 1 saturated heterocycles. The minimum atomic E-state index is -4.45. The maximum atomic E-state index is 12.6. The highest BCUT2D eigenvalue weighted by Gasteiger charge is 2.30. The first-order valence-corrected chi connectivity index (χ1v) is 10.9. The van der Waals surface area contributed by atoms with Crippen LogP contribution in [0.25, 0.3) is 0 Å². The van der Waals surface area contributed by atoms with Crippen molar-refractivity contribution in [1.29, 1.82) is 0 Å². The average Bonchev–Trinajstić information content (AvgIpc) is 2.67. The number of piperidine rings is 1. The van der Waals surface area contributed by atoms with Gasteiger partial charge >= 0.3 is 6.18 Å². The number of methoxy groups -OCH3 is 1. The molecule has 0 bridgehead atoms. The van der Waals surface area contributed by atoms with Crippen molar-refractivity contribution < 1.29 is 26.3 Å². The fourth-order valence-electron chi connectivity index (χ4n) is 3.33. The van der Waals surface area contributed by atoms with Crippen LogP contribution >= 0.6 is 0 Å². The standard InChI is InChI=1S/C20H23F3N2O3S/c1-28-19-3-2-12-25(13-19)18-10-8-17(9-11-18)24-29(26,27)14-15-4-6-16(7-5-15)20(21,22)23/h4-11,19,24H,2-3,12-14H2,1H3. The van der Waals surface area contributed by atoms with Gasteiger partial charge < -0.3 is 9.64 Å². The number of nitrogens with one attached hydrogen (secondary N) is 1. The lowest BCUT2D eigenvalue weighted by Gasteiger charge is -2.33. The lowest BCUT2D eigenvalue weighted by atomic mass is 10.1. The van der Waals surface area contributed by atoms with Crippen LogP contribution < -0.4 is 9.62 Å². The van der Waals surface area contributed by atoms with Crippen LogP contribution in [0.5, 0.6) is 0 Å². The Labute approximate surface area is 168 Å². The zero-order chi connectivity index (χ0) is 21.1. The van der Waals surface area contributed by atoms with E-state index in [0.717, 1.165) is 43.8 Å². The van der Waals surface area contributed by atoms with Crippen LogP contribution in [0, 0.1) is 0 Å². The molecule has 3 rings (SSSR count). The van der Waals surface area contributed by atoms with Gasteiger partial charge in [0.05, 0.1) is 17.4 Å². The van der Waals surface area contributed by atoms with Gasteiger partial charge in [-0.1, -0.05) is 12.1 Å². The molecule has 0 aliphatic carbocycles. The Morgan fingerprint density at radius 1 is 1.10 bits per heavy atom. The van der Waals surface area contributed by atoms with Crippen LogP contribution in [0.15, 0.2) is 48.5 Å². The SMILES string of the molecule is COC1CCCN(c2ccc(NS(=O)(=O)Cc3ccc(C(F)(F)F)cc3)cc2)C1. The molecule has 0 aromatic heterocycles. The van der Waals surface area contributed by atoms with Gasteiger partial charge in [-0.05, 0) is 54.8 Å². The second-order valence-electron chi connectivity index (χ2n) is 7.05. The molecule has 158 valence electrons. The molecule has 1 fully saturated rings. The molecule has 9 heteroatoms. The Balaban J connectivity index is 1.63. The number of ether oxygens (including phenoxy) is 1. The van der Waals surface area contributed by atoms with Gasteiger partial charge in [0.15, 0.2) is 0 Å². The number of alkyl halides is 3. The van der Waals surface area contributed by atoms with E-state index in [-0.39, 0.29) is 11.7 Å². The number of sulfonamides is 1. The van der Waals surface area contributed by atoms with Crippen molar-refractivity contribution in [2.75, 3.05) is 29.8 Å². The highest BCUT2D eigenvalue weighted by atomic mass is 32.2. The molecule has 1 N–H and O–H groups in total. The third kappa shape index (κ3) is 5.86. The van der Waals surface area contributed by atoms with Gasteiger partial charge in [0, 0.05) is 31.6 Å². The van der Waals surface area contributed by atoms with Crippen molar-refractivity contribution in [2.45, 2.75) is 30.9 Å². The summed E-state index contributed by atoms with van der Waals surface area (Å²) < 4.78 is 70.4. The lowest BCUT2D eigenvalue weighted by molar-refractivity contribution is -0.137. The second kappa shape index (κ2) is 8.62. The number of hydrogen-bond acceptors (Lipinski definition) is 4. The van der Waals surface area contributed by atoms with Crippen molar-refractivity contribution in [1.82, 2.24) is 0 Å². The number of hydrogen-bond donors (Lipinski definition) is 1. The summed E-state index contributed by atoms with van der Waals surface area (Å²) in [4.78, 5) is 2.19. The van der Waals surface area contributed by atoms with E-state index in [1.807, 2.05) is 12.1 Å². The molecule has 5 nitrogen and oxygen atoms in total. The zero-order valence-electron chi connectivity index (χ0n) is 15.9. The average molecular weight is 428 g/mol. The summed E-state index contributed by atoms with van der Waals surface area (Å²) in [5, 5.41) is 0. The Morgan fingerprint density at radius 3 is 2.34 bits per heavy atom. The van der Waals surface area contributed by atoms with Crippen LogP contribution in [-0.4, -0.2) is 34.7 Å². The van der Waals surface area contributed by atoms with Crippen molar-refractivity contribution in [3.8, 4) is 0 Å². The normalized spacial score (nSPS) is 17.9. The van der Waals surface area contributed by atoms with E-state index in [9.17, 15) is 21.6 Å². The van der Waals surface area contributed by atoms with Crippen molar-refractivity contribution >= 4 is 21.4 Å². The molecule has 0 radical (unpaired) electrons. The predicted octanol–water partition coefficient (Wildman–Crippen LogP) is 4.26. The summed E-state index contributed by atoms with van der Waals surface area (Å²) in [6, 6.07) is 11.1. The number of benzene rings is 2. The molecule has 1 heterocycles. The van der Waals surface area contributed by atoms with Crippen molar-refractivity contribution in [3.63, 3.8) is 0 Å². The minimum absolute atomic E-state index is 0.186. The van der Waals surface area contributed by atoms with Crippen LogP contribution in [0.1, 0.15) is 24.0 Å². The smallest absolute Gasteiger partial charge is 0.380 e. The molecule has 2 aromatic rings. The van der Waals surface area contributed by atoms with E-state index in [1.54, 1.807) is 19.2 Å². The summed E-state index contributed by atoms with van der Waals surface area (Å²) in [6.45, 7) is 1.70. The first-order valence-electron chi connectivity index (χ1n) is 9.21. The van der Waals surface area contributed by atoms with Crippen LogP contribution in [0.4, 0.5) is 24.5 Å². The third-order valence-electron chi connectivity index (χ3n) is 4.86. The molecular weight excluding hydrogens is 405 g/mol. The van der Waals surface area contributed by atoms with Crippen LogP contribution in [0.2, 0.25) is 0 Å². The summed E-state index contributed by atoms with van der Waals surface area (Å²) >= 11 is 0. The highest BCUT2D eigenvalue weighted by molar-refractivity contribution is 7.91. The van der Waals surface area contributed by atoms with Crippen LogP contribution in [0.3, 0.4) is 0 Å². The summed E-state index contributed by atoms with van der Waals surface area (Å²) in [7, 11) is -2.05. The molecule has 0 amide bonds. The fraction of sp³-hybridized carbons (Fsp3) is 0.400. The van der Waals surface area contributed by atoms with Crippen LogP contribution in [-0.2, 0) is 26.7 Å². The molecule has 1 atom stereocenters. The van der Waals surface area contributed by atoms with Gasteiger partial charge in [-0.3, -0.25) is 4.72 Å². The molecular formula is C20H23F3N2O3S. The molecule has 2 aromatic carbocycles. The van der Waals surface area contributed by atoms with E-state index in [0.29, 0.717) is 5.69 Å². The second-order valence-corrected chi connectivity index (χ2v) is 8.77. The maximum Gasteiger partial charge on any atom is 0.416 e. The van der Waals surface area contributed by atoms with Gasteiger partial charge in [0.1, 0.15) is 0 Å². The summed E-state index contributed by atoms with van der Waals surface area (Å²) in [5.41, 5.74) is 0.857. The Bertz CT molecular complexity index is 913. The third-order valence-corrected chi connectivity index (χ3v) is 6.12. The zero-order valence-corrected chi connectivity index (χ0v) is 16.8. The van der Waals surface area contributed by atoms with E-state index in [4.69, 9.17) is 4.74 Å². The van der Waals surface area contributed by atoms with E-state index < -0.39 is 27.5 Å². The molecule has 1 aliphatic heterocycles. The fourth-order valence-corrected chi connectivity index (χ4v) is 4.53. The number of rotatable bonds is 6. The molecule has 1 aliphatic rings. The molecule has 0 saturated carbocycles. The van der Waals surface area contributed by atoms with E-state index in [2.05, 4.69) is 9.62 Å². The van der Waals surface area contributed by atoms with Gasteiger partial charge in [-0.15, -0.1) is 0 Å². The maximum absolute atomic E-state index is 12.6. The lowest BCUT2D eigenvalue weighted by Crippen LogP contribution is -2.39. The van der Waals surface area contributed by atoms with Gasteiger partial charge in [0.2, 0.25) is 10.0 Å². The molecule has 1 unspecified atom stereocenters. The van der Waals surface area contributed by atoms with E-state index >= 15 is 0 Å². The first-order chi connectivity index (χ1) is 13.7. The Hall–Kier alpha value is -2.26. The number of nitrogens with zero attached hydrogens (tertiary/aromatic N) is 1. The topological polar surface area (TPSA) is 58.6 Å². The largest absolute Gasteiger partial charge is 0.416 e. The van der Waals surface area contributed by atoms with Gasteiger partial charge in [-0.2, -0.15) is 13.2 Å². The quantitative estimate of drug-likeness (QED) is 0.747. The first kappa shape index (κ1) is 21.4. The Kier molecular flexibility index (Phi) is 6.38. The summed E-state index contributed by atoms with van der Waals surface area (Å²) in [6.07, 6.45) is -2.21. The van der Waals surface area contributed by atoms with Crippen molar-refractivity contribution in [2.24, 2.45) is 0 Å². The van der Waals surface area contributed by atoms with Gasteiger partial charge in [-0.25, -0.2) is 8.42 Å². The number of anilines is 2. The monoisotopic (exact) mass is 428 g/mol. The van der Waals surface area contributed by atoms with Crippen molar-refractivity contribution in [3.05, 3.63) is 59.7 Å². The minimum Gasteiger partial charge on any atom is -0.380 e. The predicted molar refractivity (Wildman–Crippen MR) is 106 cm³/mol. The Morgan fingerprint density at radius 2 is 1.76 bits per heavy atom. The number of halogens is 3. The highest BCUT2D eigenvalue weighted by Crippen LogP contribution is 2.29. The molecule has 0 spiro atoms.